The van der Waals surface area contributed by atoms with Gasteiger partial charge in [-0.05, 0) is 31.6 Å². The van der Waals surface area contributed by atoms with Gasteiger partial charge in [0.1, 0.15) is 6.04 Å². The second kappa shape index (κ2) is 5.72. The first-order valence-electron chi connectivity index (χ1n) is 7.03. The van der Waals surface area contributed by atoms with Gasteiger partial charge in [-0.1, -0.05) is 19.8 Å². The Kier molecular flexibility index (Phi) is 4.25. The summed E-state index contributed by atoms with van der Waals surface area (Å²) in [4.78, 5) is 26.0. The second-order valence-electron chi connectivity index (χ2n) is 5.58. The maximum atomic E-state index is 12.6. The largest absolute Gasteiger partial charge is 0.467 e. The summed E-state index contributed by atoms with van der Waals surface area (Å²) in [5.74, 6) is 0.480. The molecule has 0 aromatic carbocycles. The molecular formula is C14H23NO3. The number of likely N-dealkylation sites (tertiary alicyclic amines) is 1. The van der Waals surface area contributed by atoms with Crippen molar-refractivity contribution in [1.82, 2.24) is 4.90 Å². The number of carbonyl (C=O) groups excluding carboxylic acids is 2. The molecule has 1 heterocycles. The Morgan fingerprint density at radius 1 is 1.11 bits per heavy atom. The van der Waals surface area contributed by atoms with Crippen molar-refractivity contribution in [1.29, 1.82) is 0 Å². The molecule has 1 aliphatic heterocycles. The first kappa shape index (κ1) is 13.4. The van der Waals surface area contributed by atoms with Gasteiger partial charge < -0.3 is 9.64 Å². The number of esters is 1. The van der Waals surface area contributed by atoms with E-state index in [2.05, 4.69) is 6.92 Å². The topological polar surface area (TPSA) is 46.6 Å². The summed E-state index contributed by atoms with van der Waals surface area (Å²) in [7, 11) is 1.40. The summed E-state index contributed by atoms with van der Waals surface area (Å²) < 4.78 is 4.80. The molecule has 0 bridgehead atoms. The van der Waals surface area contributed by atoms with Crippen LogP contribution in [0, 0.1) is 11.8 Å². The van der Waals surface area contributed by atoms with Gasteiger partial charge in [-0.15, -0.1) is 0 Å². The van der Waals surface area contributed by atoms with E-state index in [4.69, 9.17) is 4.74 Å². The number of ether oxygens (including phenoxy) is 1. The molecular weight excluding hydrogens is 230 g/mol. The van der Waals surface area contributed by atoms with Gasteiger partial charge in [0, 0.05) is 12.5 Å². The zero-order valence-corrected chi connectivity index (χ0v) is 11.4. The number of carbonyl (C=O) groups is 2. The molecule has 3 atom stereocenters. The number of nitrogens with zero attached hydrogens (tertiary/aromatic N) is 1. The number of hydrogen-bond donors (Lipinski definition) is 0. The minimum absolute atomic E-state index is 0.115. The predicted octanol–water partition coefficient (Wildman–Crippen LogP) is 1.98. The zero-order chi connectivity index (χ0) is 13.1. The molecule has 0 radical (unpaired) electrons. The Balaban J connectivity index is 2.05. The van der Waals surface area contributed by atoms with Crippen molar-refractivity contribution in [2.24, 2.45) is 11.8 Å². The van der Waals surface area contributed by atoms with Gasteiger partial charge >= 0.3 is 5.97 Å². The Bertz CT molecular complexity index is 329. The molecule has 1 amide bonds. The molecule has 1 saturated carbocycles. The molecule has 2 rings (SSSR count). The van der Waals surface area contributed by atoms with Gasteiger partial charge in [0.05, 0.1) is 7.11 Å². The van der Waals surface area contributed by atoms with Gasteiger partial charge in [-0.2, -0.15) is 0 Å². The molecule has 2 aliphatic rings. The standard InChI is InChI=1S/C14H23NO3/c1-10-6-3-4-7-11(10)13(16)15-9-5-8-12(15)14(17)18-2/h10-12H,3-9H2,1-2H3/t10-,11+,12+/m1/s1. The SMILES string of the molecule is COC(=O)[C@@H]1CCCN1C(=O)[C@H]1CCCC[C@H]1C. The maximum absolute atomic E-state index is 12.6. The Morgan fingerprint density at radius 3 is 2.50 bits per heavy atom. The molecule has 0 spiro atoms. The van der Waals surface area contributed by atoms with Gasteiger partial charge in [-0.3, -0.25) is 4.79 Å². The van der Waals surface area contributed by atoms with Crippen molar-refractivity contribution < 1.29 is 14.3 Å². The number of hydrogen-bond acceptors (Lipinski definition) is 3. The quantitative estimate of drug-likeness (QED) is 0.707. The van der Waals surface area contributed by atoms with E-state index in [9.17, 15) is 9.59 Å². The van der Waals surface area contributed by atoms with Crippen LogP contribution in [0.3, 0.4) is 0 Å². The van der Waals surface area contributed by atoms with Crippen LogP contribution in [0.5, 0.6) is 0 Å². The van der Waals surface area contributed by atoms with Crippen molar-refractivity contribution in [3.05, 3.63) is 0 Å². The van der Waals surface area contributed by atoms with Crippen LogP contribution in [-0.4, -0.2) is 36.5 Å². The third kappa shape index (κ3) is 2.52. The molecule has 0 aromatic rings. The molecule has 0 unspecified atom stereocenters. The van der Waals surface area contributed by atoms with E-state index in [0.717, 1.165) is 32.1 Å². The molecule has 2 fully saturated rings. The summed E-state index contributed by atoms with van der Waals surface area (Å²) in [5, 5.41) is 0. The van der Waals surface area contributed by atoms with Crippen molar-refractivity contribution in [3.8, 4) is 0 Å². The molecule has 102 valence electrons. The fourth-order valence-corrected chi connectivity index (χ4v) is 3.31. The highest BCUT2D eigenvalue weighted by atomic mass is 16.5. The maximum Gasteiger partial charge on any atom is 0.328 e. The molecule has 1 saturated heterocycles. The zero-order valence-electron chi connectivity index (χ0n) is 11.4. The fraction of sp³-hybridized carbons (Fsp3) is 0.857. The molecule has 0 aromatic heterocycles. The van der Waals surface area contributed by atoms with Crippen LogP contribution in [0.15, 0.2) is 0 Å². The highest BCUT2D eigenvalue weighted by Gasteiger charge is 2.39. The van der Waals surface area contributed by atoms with Gasteiger partial charge in [0.25, 0.3) is 0 Å². The minimum atomic E-state index is -0.336. The molecule has 4 nitrogen and oxygen atoms in total. The van der Waals surface area contributed by atoms with Crippen molar-refractivity contribution in [3.63, 3.8) is 0 Å². The van der Waals surface area contributed by atoms with Gasteiger partial charge in [-0.25, -0.2) is 4.79 Å². The van der Waals surface area contributed by atoms with E-state index in [1.54, 1.807) is 4.90 Å². The molecule has 1 aliphatic carbocycles. The minimum Gasteiger partial charge on any atom is -0.467 e. The smallest absolute Gasteiger partial charge is 0.328 e. The summed E-state index contributed by atoms with van der Waals surface area (Å²) in [6.07, 6.45) is 6.13. The third-order valence-electron chi connectivity index (χ3n) is 4.44. The summed E-state index contributed by atoms with van der Waals surface area (Å²) in [6, 6.07) is -0.336. The van der Waals surface area contributed by atoms with E-state index in [0.29, 0.717) is 12.5 Å². The summed E-state index contributed by atoms with van der Waals surface area (Å²) in [5.41, 5.74) is 0. The van der Waals surface area contributed by atoms with Crippen LogP contribution in [0.1, 0.15) is 45.4 Å². The lowest BCUT2D eigenvalue weighted by atomic mass is 9.79. The average Bonchev–Trinajstić information content (AvgIpc) is 2.86. The highest BCUT2D eigenvalue weighted by Crippen LogP contribution is 2.33. The molecule has 4 heteroatoms. The number of amides is 1. The lowest BCUT2D eigenvalue weighted by Gasteiger charge is -2.33. The van der Waals surface area contributed by atoms with Gasteiger partial charge in [0.2, 0.25) is 5.91 Å². The lowest BCUT2D eigenvalue weighted by Crippen LogP contribution is -2.45. The average molecular weight is 253 g/mol. The van der Waals surface area contributed by atoms with Crippen LogP contribution in [0.25, 0.3) is 0 Å². The summed E-state index contributed by atoms with van der Waals surface area (Å²) in [6.45, 7) is 2.87. The van der Waals surface area contributed by atoms with Crippen molar-refractivity contribution in [2.45, 2.75) is 51.5 Å². The number of methoxy groups -OCH3 is 1. The van der Waals surface area contributed by atoms with E-state index < -0.39 is 0 Å². The van der Waals surface area contributed by atoms with Crippen molar-refractivity contribution in [2.75, 3.05) is 13.7 Å². The fourth-order valence-electron chi connectivity index (χ4n) is 3.31. The highest BCUT2D eigenvalue weighted by molar-refractivity contribution is 5.86. The Labute approximate surface area is 109 Å². The van der Waals surface area contributed by atoms with Crippen LogP contribution in [0.4, 0.5) is 0 Å². The lowest BCUT2D eigenvalue weighted by molar-refractivity contribution is -0.153. The van der Waals surface area contributed by atoms with Crippen LogP contribution in [0.2, 0.25) is 0 Å². The first-order valence-corrected chi connectivity index (χ1v) is 7.03. The van der Waals surface area contributed by atoms with Crippen molar-refractivity contribution >= 4 is 11.9 Å². The Hall–Kier alpha value is -1.06. The first-order chi connectivity index (χ1) is 8.65. The van der Waals surface area contributed by atoms with E-state index in [1.807, 2.05) is 0 Å². The molecule has 0 N–H and O–H groups in total. The van der Waals surface area contributed by atoms with Crippen LogP contribution >= 0.6 is 0 Å². The third-order valence-corrected chi connectivity index (χ3v) is 4.44. The van der Waals surface area contributed by atoms with Crippen LogP contribution < -0.4 is 0 Å². The predicted molar refractivity (Wildman–Crippen MR) is 67.9 cm³/mol. The number of rotatable bonds is 2. The Morgan fingerprint density at radius 2 is 1.83 bits per heavy atom. The van der Waals surface area contributed by atoms with Crippen LogP contribution in [-0.2, 0) is 14.3 Å². The van der Waals surface area contributed by atoms with E-state index in [1.165, 1.54) is 13.5 Å². The molecule has 18 heavy (non-hydrogen) atoms. The normalized spacial score (nSPS) is 32.3. The summed E-state index contributed by atoms with van der Waals surface area (Å²) >= 11 is 0. The van der Waals surface area contributed by atoms with E-state index >= 15 is 0 Å². The van der Waals surface area contributed by atoms with E-state index in [-0.39, 0.29) is 23.8 Å². The monoisotopic (exact) mass is 253 g/mol. The van der Waals surface area contributed by atoms with Gasteiger partial charge in [0.15, 0.2) is 0 Å². The second-order valence-corrected chi connectivity index (χ2v) is 5.58.